The van der Waals surface area contributed by atoms with Crippen LogP contribution in [-0.2, 0) is 16.1 Å². The second-order valence-electron chi connectivity index (χ2n) is 5.84. The van der Waals surface area contributed by atoms with E-state index >= 15 is 0 Å². The Labute approximate surface area is 160 Å². The lowest BCUT2D eigenvalue weighted by molar-refractivity contribution is -0.144. The van der Waals surface area contributed by atoms with E-state index in [1.807, 2.05) is 25.1 Å². The molecule has 0 aliphatic heterocycles. The molecule has 0 radical (unpaired) electrons. The zero-order valence-corrected chi connectivity index (χ0v) is 15.9. The van der Waals surface area contributed by atoms with Gasteiger partial charge in [-0.2, -0.15) is 0 Å². The summed E-state index contributed by atoms with van der Waals surface area (Å²) in [7, 11) is 0. The fraction of sp³-hybridized carbons (Fsp3) is 0.211. The van der Waals surface area contributed by atoms with E-state index < -0.39 is 0 Å². The molecule has 134 valence electrons. The molecule has 3 rings (SSSR count). The highest BCUT2D eigenvalue weighted by Crippen LogP contribution is 2.25. The second-order valence-corrected chi connectivity index (χ2v) is 7.69. The monoisotopic (exact) mass is 388 g/mol. The highest BCUT2D eigenvalue weighted by molar-refractivity contribution is 8.00. The summed E-state index contributed by atoms with van der Waals surface area (Å²) in [5.74, 6) is -0.365. The van der Waals surface area contributed by atoms with E-state index in [9.17, 15) is 9.59 Å². The van der Waals surface area contributed by atoms with E-state index in [1.54, 1.807) is 31.3 Å². The molecule has 0 fully saturated rings. The molecule has 0 aliphatic carbocycles. The van der Waals surface area contributed by atoms with E-state index in [4.69, 9.17) is 16.3 Å². The first-order valence-electron chi connectivity index (χ1n) is 8.00. The molecular formula is C19H17ClN2O3S. The molecule has 0 saturated heterocycles. The summed E-state index contributed by atoms with van der Waals surface area (Å²) < 4.78 is 6.79. The van der Waals surface area contributed by atoms with Crippen molar-refractivity contribution in [2.24, 2.45) is 0 Å². The number of carbonyl (C=O) groups excluding carboxylic acids is 1. The second kappa shape index (κ2) is 7.93. The van der Waals surface area contributed by atoms with Gasteiger partial charge in [0.05, 0.1) is 5.69 Å². The van der Waals surface area contributed by atoms with Gasteiger partial charge in [0, 0.05) is 22.2 Å². The Morgan fingerprint density at radius 1 is 1.27 bits per heavy atom. The summed E-state index contributed by atoms with van der Waals surface area (Å²) in [5.41, 5.74) is 1.72. The van der Waals surface area contributed by atoms with Crippen molar-refractivity contribution >= 4 is 35.0 Å². The molecule has 26 heavy (non-hydrogen) atoms. The number of esters is 1. The average Bonchev–Trinajstić information content (AvgIpc) is 2.62. The van der Waals surface area contributed by atoms with Crippen LogP contribution in [0.15, 0.2) is 58.4 Å². The van der Waals surface area contributed by atoms with E-state index in [0.29, 0.717) is 16.4 Å². The molecule has 2 heterocycles. The SMILES string of the molecule is Cc1ccc2nc(COC(=O)[C@@H](C)Sc3ccc(Cl)cc3)cc(=O)n2c1. The maximum atomic E-state index is 12.2. The minimum Gasteiger partial charge on any atom is -0.458 e. The summed E-state index contributed by atoms with van der Waals surface area (Å²) in [4.78, 5) is 29.7. The van der Waals surface area contributed by atoms with Crippen molar-refractivity contribution in [1.82, 2.24) is 9.38 Å². The molecule has 0 aliphatic rings. The Kier molecular flexibility index (Phi) is 5.64. The number of pyridine rings is 1. The first kappa shape index (κ1) is 18.5. The van der Waals surface area contributed by atoms with Gasteiger partial charge in [-0.1, -0.05) is 17.7 Å². The van der Waals surface area contributed by atoms with Crippen molar-refractivity contribution in [2.45, 2.75) is 30.6 Å². The van der Waals surface area contributed by atoms with E-state index in [-0.39, 0.29) is 23.4 Å². The summed E-state index contributed by atoms with van der Waals surface area (Å²) in [6, 6.07) is 12.3. The molecule has 5 nitrogen and oxygen atoms in total. The maximum Gasteiger partial charge on any atom is 0.319 e. The summed E-state index contributed by atoms with van der Waals surface area (Å²) in [6.07, 6.45) is 1.73. The van der Waals surface area contributed by atoms with Crippen LogP contribution in [0.25, 0.3) is 5.65 Å². The van der Waals surface area contributed by atoms with Crippen LogP contribution < -0.4 is 5.56 Å². The predicted molar refractivity (Wildman–Crippen MR) is 103 cm³/mol. The zero-order chi connectivity index (χ0) is 18.7. The lowest BCUT2D eigenvalue weighted by atomic mass is 10.3. The van der Waals surface area contributed by atoms with Crippen molar-refractivity contribution in [2.75, 3.05) is 0 Å². The topological polar surface area (TPSA) is 60.7 Å². The van der Waals surface area contributed by atoms with E-state index in [1.165, 1.54) is 22.2 Å². The van der Waals surface area contributed by atoms with Crippen LogP contribution >= 0.6 is 23.4 Å². The van der Waals surface area contributed by atoms with E-state index in [2.05, 4.69) is 4.98 Å². The van der Waals surface area contributed by atoms with Gasteiger partial charge in [-0.15, -0.1) is 11.8 Å². The van der Waals surface area contributed by atoms with Gasteiger partial charge in [-0.25, -0.2) is 4.98 Å². The normalized spacial score (nSPS) is 12.1. The highest BCUT2D eigenvalue weighted by atomic mass is 35.5. The standard InChI is InChI=1S/C19H17ClN2O3S/c1-12-3-8-17-21-15(9-18(23)22(17)10-12)11-25-19(24)13(2)26-16-6-4-14(20)5-7-16/h3-10,13H,11H2,1-2H3/t13-/m1/s1. The number of carbonyl (C=O) groups is 1. The number of benzene rings is 1. The van der Waals surface area contributed by atoms with Crippen LogP contribution in [0.3, 0.4) is 0 Å². The van der Waals surface area contributed by atoms with Gasteiger partial charge in [0.25, 0.3) is 5.56 Å². The average molecular weight is 389 g/mol. The number of nitrogens with zero attached hydrogens (tertiary/aromatic N) is 2. The molecule has 3 aromatic rings. The summed E-state index contributed by atoms with van der Waals surface area (Å²) in [5, 5.41) is 0.258. The van der Waals surface area contributed by atoms with Crippen LogP contribution in [0.1, 0.15) is 18.2 Å². The molecule has 0 N–H and O–H groups in total. The van der Waals surface area contributed by atoms with Crippen molar-refractivity contribution in [3.63, 3.8) is 0 Å². The van der Waals surface area contributed by atoms with Crippen molar-refractivity contribution in [1.29, 1.82) is 0 Å². The molecule has 0 amide bonds. The summed E-state index contributed by atoms with van der Waals surface area (Å²) >= 11 is 7.24. The maximum absolute atomic E-state index is 12.2. The number of aryl methyl sites for hydroxylation is 1. The van der Waals surface area contributed by atoms with Crippen LogP contribution in [0.4, 0.5) is 0 Å². The number of aromatic nitrogens is 2. The molecule has 2 aromatic heterocycles. The Morgan fingerprint density at radius 3 is 2.73 bits per heavy atom. The third kappa shape index (κ3) is 4.45. The Balaban J connectivity index is 1.65. The molecule has 7 heteroatoms. The third-order valence-corrected chi connectivity index (χ3v) is 5.02. The lowest BCUT2D eigenvalue weighted by Gasteiger charge is -2.11. The van der Waals surface area contributed by atoms with Crippen LogP contribution in [0.5, 0.6) is 0 Å². The number of rotatable bonds is 5. The predicted octanol–water partition coefficient (Wildman–Crippen LogP) is 3.88. The number of thioether (sulfide) groups is 1. The molecule has 0 saturated carbocycles. The quantitative estimate of drug-likeness (QED) is 0.490. The fourth-order valence-electron chi connectivity index (χ4n) is 2.36. The van der Waals surface area contributed by atoms with E-state index in [0.717, 1.165) is 10.5 Å². The number of hydrogen-bond acceptors (Lipinski definition) is 5. The zero-order valence-electron chi connectivity index (χ0n) is 14.3. The van der Waals surface area contributed by atoms with Gasteiger partial charge in [-0.05, 0) is 49.7 Å². The summed E-state index contributed by atoms with van der Waals surface area (Å²) in [6.45, 7) is 3.64. The molecule has 0 bridgehead atoms. The minimum atomic E-state index is -0.389. The van der Waals surface area contributed by atoms with Gasteiger partial charge in [0.1, 0.15) is 17.5 Å². The smallest absolute Gasteiger partial charge is 0.319 e. The number of hydrogen-bond donors (Lipinski definition) is 0. The molecule has 1 aromatic carbocycles. The van der Waals surface area contributed by atoms with Gasteiger partial charge >= 0.3 is 5.97 Å². The van der Waals surface area contributed by atoms with Crippen LogP contribution in [0.2, 0.25) is 5.02 Å². The number of ether oxygens (including phenoxy) is 1. The Bertz CT molecular complexity index is 1000. The van der Waals surface area contributed by atoms with Gasteiger partial charge in [0.15, 0.2) is 0 Å². The molecule has 1 atom stereocenters. The fourth-order valence-corrected chi connectivity index (χ4v) is 3.35. The number of fused-ring (bicyclic) bond motifs is 1. The third-order valence-electron chi connectivity index (χ3n) is 3.68. The van der Waals surface area contributed by atoms with Crippen LogP contribution in [0, 0.1) is 6.92 Å². The molecular weight excluding hydrogens is 372 g/mol. The first-order chi connectivity index (χ1) is 12.4. The minimum absolute atomic E-state index is 0.0377. The Morgan fingerprint density at radius 2 is 2.00 bits per heavy atom. The lowest BCUT2D eigenvalue weighted by Crippen LogP contribution is -2.19. The molecule has 0 unspecified atom stereocenters. The number of halogens is 1. The van der Waals surface area contributed by atoms with Crippen molar-refractivity contribution < 1.29 is 9.53 Å². The first-order valence-corrected chi connectivity index (χ1v) is 9.26. The van der Waals surface area contributed by atoms with Crippen molar-refractivity contribution in [3.05, 3.63) is 75.3 Å². The van der Waals surface area contributed by atoms with Gasteiger partial charge < -0.3 is 4.74 Å². The van der Waals surface area contributed by atoms with Crippen molar-refractivity contribution in [3.8, 4) is 0 Å². The van der Waals surface area contributed by atoms with Crippen LogP contribution in [-0.4, -0.2) is 20.6 Å². The van der Waals surface area contributed by atoms with Gasteiger partial charge in [-0.3, -0.25) is 14.0 Å². The highest BCUT2D eigenvalue weighted by Gasteiger charge is 2.16. The molecule has 0 spiro atoms. The van der Waals surface area contributed by atoms with Gasteiger partial charge in [0.2, 0.25) is 0 Å². The largest absolute Gasteiger partial charge is 0.458 e. The Hall–Kier alpha value is -2.31.